The third-order valence-corrected chi connectivity index (χ3v) is 5.83. The molecule has 1 aromatic heterocycles. The Bertz CT molecular complexity index is 1250. The van der Waals surface area contributed by atoms with E-state index in [-0.39, 0.29) is 11.5 Å². The van der Waals surface area contributed by atoms with Crippen LogP contribution in [0.4, 0.5) is 5.69 Å². The number of rotatable bonds is 4. The number of carbonyl (C=O) groups excluding carboxylic acids is 1. The fraction of sp³-hybridized carbons (Fsp3) is 0.238. The zero-order valence-corrected chi connectivity index (χ0v) is 18.9. The smallest absolute Gasteiger partial charge is 0.325 e. The van der Waals surface area contributed by atoms with Gasteiger partial charge in [-0.05, 0) is 29.1 Å². The van der Waals surface area contributed by atoms with Crippen LogP contribution < -0.4 is 24.6 Å². The highest BCUT2D eigenvalue weighted by Crippen LogP contribution is 2.43. The van der Waals surface area contributed by atoms with Gasteiger partial charge in [0.2, 0.25) is 11.1 Å². The quantitative estimate of drug-likeness (QED) is 0.476. The van der Waals surface area contributed by atoms with Crippen molar-refractivity contribution in [3.8, 4) is 22.8 Å². The van der Waals surface area contributed by atoms with Gasteiger partial charge in [0.05, 0.1) is 31.0 Å². The predicted molar refractivity (Wildman–Crippen MR) is 118 cm³/mol. The Balaban J connectivity index is 2.15. The van der Waals surface area contributed by atoms with E-state index in [1.165, 1.54) is 32.9 Å². The molecule has 160 valence electrons. The van der Waals surface area contributed by atoms with E-state index in [9.17, 15) is 9.59 Å². The number of benzene rings is 2. The Kier molecular flexibility index (Phi) is 5.63. The van der Waals surface area contributed by atoms with E-state index < -0.39 is 6.17 Å². The van der Waals surface area contributed by atoms with Gasteiger partial charge in [-0.25, -0.2) is 4.90 Å². The molecule has 0 radical (unpaired) electrons. The number of amides is 1. The van der Waals surface area contributed by atoms with Crippen molar-refractivity contribution in [2.75, 3.05) is 25.4 Å². The number of H-pyrrole nitrogens is 1. The number of aromatic nitrogens is 3. The summed E-state index contributed by atoms with van der Waals surface area (Å²) in [7, 11) is 3.01. The average Bonchev–Trinajstić information content (AvgIpc) is 2.76. The number of carbonyl (C=O) groups is 1. The molecule has 4 rings (SSSR count). The predicted octanol–water partition coefficient (Wildman–Crippen LogP) is 3.03. The van der Waals surface area contributed by atoms with Crippen molar-refractivity contribution in [1.29, 1.82) is 0 Å². The fourth-order valence-electron chi connectivity index (χ4n) is 3.84. The molecule has 0 unspecified atom stereocenters. The first-order valence-corrected chi connectivity index (χ1v) is 10.9. The largest absolute Gasteiger partial charge is 0.493 e. The van der Waals surface area contributed by atoms with Gasteiger partial charge < -0.3 is 9.47 Å². The maximum Gasteiger partial charge on any atom is 0.325 e. The van der Waals surface area contributed by atoms with E-state index in [0.29, 0.717) is 44.2 Å². The van der Waals surface area contributed by atoms with Crippen molar-refractivity contribution >= 4 is 35.0 Å². The van der Waals surface area contributed by atoms with E-state index in [1.807, 2.05) is 18.4 Å². The molecule has 0 fully saturated rings. The molecule has 31 heavy (non-hydrogen) atoms. The summed E-state index contributed by atoms with van der Waals surface area (Å²) in [5.41, 5.74) is 1.74. The molecule has 10 heteroatoms. The molecule has 2 heterocycles. The minimum absolute atomic E-state index is 0.232. The summed E-state index contributed by atoms with van der Waals surface area (Å²) >= 11 is 7.67. The van der Waals surface area contributed by atoms with Crippen LogP contribution in [0.2, 0.25) is 5.02 Å². The number of nitrogens with zero attached hydrogens (tertiary/aromatic N) is 3. The van der Waals surface area contributed by atoms with Crippen LogP contribution >= 0.6 is 23.4 Å². The summed E-state index contributed by atoms with van der Waals surface area (Å²) in [5, 5.41) is 5.44. The number of thioether (sulfide) groups is 1. The molecule has 1 atom stereocenters. The van der Waals surface area contributed by atoms with Crippen LogP contribution in [0.3, 0.4) is 0 Å². The van der Waals surface area contributed by atoms with Gasteiger partial charge in [-0.2, -0.15) is 0 Å². The highest BCUT2D eigenvalue weighted by atomic mass is 35.5. The van der Waals surface area contributed by atoms with E-state index in [1.54, 1.807) is 33.8 Å². The number of nitrogens with one attached hydrogen (secondary N) is 1. The van der Waals surface area contributed by atoms with E-state index in [2.05, 4.69) is 10.1 Å². The standard InChI is InChI=1S/C21H19ClN4O4S/c1-11(27)25-15-8-6-5-7-13(15)17-19(28)23-21(31-4)24-26(17)20(25)14-9-12(22)10-16(29-2)18(14)30-3/h5-10,20H,1-4H3/p+1/t20-/m0/s1. The molecule has 0 spiro atoms. The van der Waals surface area contributed by atoms with Crippen LogP contribution in [0.1, 0.15) is 18.7 Å². The molecule has 3 aromatic rings. The lowest BCUT2D eigenvalue weighted by atomic mass is 10.0. The molecule has 1 aliphatic heterocycles. The van der Waals surface area contributed by atoms with E-state index in [4.69, 9.17) is 21.1 Å². The maximum atomic E-state index is 13.1. The Morgan fingerprint density at radius 2 is 2.00 bits per heavy atom. The number of para-hydroxylation sites is 1. The van der Waals surface area contributed by atoms with Gasteiger partial charge in [0.25, 0.3) is 6.17 Å². The summed E-state index contributed by atoms with van der Waals surface area (Å²) in [6.45, 7) is 1.46. The van der Waals surface area contributed by atoms with Crippen molar-refractivity contribution in [3.05, 3.63) is 57.3 Å². The van der Waals surface area contributed by atoms with Crippen molar-refractivity contribution < 1.29 is 19.0 Å². The van der Waals surface area contributed by atoms with Crippen molar-refractivity contribution in [3.63, 3.8) is 0 Å². The molecule has 1 N–H and O–H groups in total. The lowest BCUT2D eigenvalue weighted by Crippen LogP contribution is -2.60. The molecule has 0 bridgehead atoms. The van der Waals surface area contributed by atoms with E-state index >= 15 is 0 Å². The van der Waals surface area contributed by atoms with Crippen LogP contribution in [-0.2, 0) is 4.79 Å². The Labute approximate surface area is 187 Å². The van der Waals surface area contributed by atoms with Gasteiger partial charge in [0.15, 0.2) is 11.5 Å². The van der Waals surface area contributed by atoms with E-state index in [0.717, 1.165) is 0 Å². The van der Waals surface area contributed by atoms with Gasteiger partial charge >= 0.3 is 11.3 Å². The van der Waals surface area contributed by atoms with Gasteiger partial charge in [-0.1, -0.05) is 35.5 Å². The van der Waals surface area contributed by atoms with Crippen molar-refractivity contribution in [2.24, 2.45) is 0 Å². The molecule has 0 aliphatic carbocycles. The van der Waals surface area contributed by atoms with Crippen LogP contribution in [0.25, 0.3) is 11.3 Å². The number of anilines is 1. The fourth-order valence-corrected chi connectivity index (χ4v) is 4.42. The highest BCUT2D eigenvalue weighted by Gasteiger charge is 2.46. The molecule has 1 aliphatic rings. The molecule has 8 nitrogen and oxygen atoms in total. The average molecular weight is 460 g/mol. The van der Waals surface area contributed by atoms with Gasteiger partial charge in [0.1, 0.15) is 0 Å². The SMILES string of the molecule is COc1cc(Cl)cc([C@H]2N(C(C)=O)c3ccccc3-c3c(=O)[nH]c(SC)n[n+]32)c1OC. The monoisotopic (exact) mass is 459 g/mol. The summed E-state index contributed by atoms with van der Waals surface area (Å²) in [4.78, 5) is 30.4. The van der Waals surface area contributed by atoms with Crippen molar-refractivity contribution in [2.45, 2.75) is 18.2 Å². The zero-order chi connectivity index (χ0) is 22.3. The number of methoxy groups -OCH3 is 2. The Hall–Kier alpha value is -3.04. The van der Waals surface area contributed by atoms with Crippen LogP contribution in [0, 0.1) is 0 Å². The first-order valence-electron chi connectivity index (χ1n) is 9.32. The second-order valence-electron chi connectivity index (χ2n) is 6.77. The number of ether oxygens (including phenoxy) is 2. The normalized spacial score (nSPS) is 14.6. The van der Waals surface area contributed by atoms with Crippen LogP contribution in [-0.4, -0.2) is 36.5 Å². The van der Waals surface area contributed by atoms with Crippen LogP contribution in [0.15, 0.2) is 46.3 Å². The van der Waals surface area contributed by atoms with Gasteiger partial charge in [-0.15, -0.1) is 0 Å². The highest BCUT2D eigenvalue weighted by molar-refractivity contribution is 7.98. The number of hydrogen-bond donors (Lipinski definition) is 1. The van der Waals surface area contributed by atoms with Gasteiger partial charge in [-0.3, -0.25) is 14.6 Å². The molecule has 2 aromatic carbocycles. The van der Waals surface area contributed by atoms with Crippen LogP contribution in [0.5, 0.6) is 11.5 Å². The second kappa shape index (κ2) is 8.24. The number of halogens is 1. The first-order chi connectivity index (χ1) is 14.9. The molecular formula is C21H20ClN4O4S+. The molecule has 1 amide bonds. The number of fused-ring (bicyclic) bond motifs is 3. The third-order valence-electron chi connectivity index (χ3n) is 5.04. The minimum Gasteiger partial charge on any atom is -0.493 e. The molecule has 0 saturated heterocycles. The first kappa shape index (κ1) is 21.2. The topological polar surface area (TPSA) is 88.4 Å². The molecule has 0 saturated carbocycles. The lowest BCUT2D eigenvalue weighted by molar-refractivity contribution is -0.763. The zero-order valence-electron chi connectivity index (χ0n) is 17.3. The Morgan fingerprint density at radius 1 is 1.26 bits per heavy atom. The molecular weight excluding hydrogens is 440 g/mol. The Morgan fingerprint density at radius 3 is 2.65 bits per heavy atom. The van der Waals surface area contributed by atoms with Gasteiger partial charge in [0, 0.05) is 23.1 Å². The summed E-state index contributed by atoms with van der Waals surface area (Å²) in [5.74, 6) is 0.572. The third kappa shape index (κ3) is 3.43. The summed E-state index contributed by atoms with van der Waals surface area (Å²) in [6, 6.07) is 10.5. The summed E-state index contributed by atoms with van der Waals surface area (Å²) in [6.07, 6.45) is 0.987. The second-order valence-corrected chi connectivity index (χ2v) is 8.00. The number of hydrogen-bond acceptors (Lipinski definition) is 6. The number of aromatic amines is 1. The lowest BCUT2D eigenvalue weighted by Gasteiger charge is -2.32. The van der Waals surface area contributed by atoms with Crippen molar-refractivity contribution in [1.82, 2.24) is 10.1 Å². The minimum atomic E-state index is -0.821. The maximum absolute atomic E-state index is 13.1. The summed E-state index contributed by atoms with van der Waals surface area (Å²) < 4.78 is 12.6.